The van der Waals surface area contributed by atoms with E-state index in [9.17, 15) is 0 Å². The number of unbranched alkanes of at least 4 members (excludes halogenated alkanes) is 5. The van der Waals surface area contributed by atoms with Crippen LogP contribution < -0.4 is 15.4 Å². The van der Waals surface area contributed by atoms with Gasteiger partial charge in [0.05, 0.1) is 12.1 Å². The van der Waals surface area contributed by atoms with Gasteiger partial charge in [0.2, 0.25) is 5.95 Å². The SMILES string of the molecule is CCCCCCCCOc1ccc(Nc2nc(NC3CCCCC3)c3scnc3n2)cc1. The molecule has 1 aliphatic rings. The number of hydrogen-bond acceptors (Lipinski definition) is 7. The summed E-state index contributed by atoms with van der Waals surface area (Å²) >= 11 is 1.59. The van der Waals surface area contributed by atoms with Crippen LogP contribution in [0, 0.1) is 0 Å². The number of aromatic nitrogens is 3. The molecule has 0 unspecified atom stereocenters. The third kappa shape index (κ3) is 6.55. The molecule has 1 aliphatic carbocycles. The highest BCUT2D eigenvalue weighted by Gasteiger charge is 2.17. The van der Waals surface area contributed by atoms with E-state index in [0.29, 0.717) is 12.0 Å². The van der Waals surface area contributed by atoms with Gasteiger partial charge in [-0.25, -0.2) is 4.98 Å². The van der Waals surface area contributed by atoms with Crippen molar-refractivity contribution >= 4 is 39.1 Å². The summed E-state index contributed by atoms with van der Waals surface area (Å²) < 4.78 is 6.92. The van der Waals surface area contributed by atoms with Gasteiger partial charge in [-0.3, -0.25) is 0 Å². The molecule has 3 aromatic rings. The van der Waals surface area contributed by atoms with Crippen molar-refractivity contribution < 1.29 is 4.74 Å². The molecule has 0 aliphatic heterocycles. The zero-order valence-corrected chi connectivity index (χ0v) is 19.9. The van der Waals surface area contributed by atoms with Crippen LogP contribution in [0.15, 0.2) is 29.8 Å². The lowest BCUT2D eigenvalue weighted by molar-refractivity contribution is 0.304. The molecular weight excluding hydrogens is 418 g/mol. The van der Waals surface area contributed by atoms with Gasteiger partial charge in [-0.1, -0.05) is 58.3 Å². The summed E-state index contributed by atoms with van der Waals surface area (Å²) in [6, 6.07) is 8.52. The topological polar surface area (TPSA) is 72.0 Å². The average molecular weight is 454 g/mol. The largest absolute Gasteiger partial charge is 0.494 e. The molecule has 2 heterocycles. The highest BCUT2D eigenvalue weighted by Crippen LogP contribution is 2.29. The summed E-state index contributed by atoms with van der Waals surface area (Å²) in [5.74, 6) is 2.37. The molecule has 1 saturated carbocycles. The Labute approximate surface area is 195 Å². The molecule has 32 heavy (non-hydrogen) atoms. The van der Waals surface area contributed by atoms with E-state index in [2.05, 4.69) is 27.5 Å². The lowest BCUT2D eigenvalue weighted by Crippen LogP contribution is -2.23. The maximum absolute atomic E-state index is 5.89. The maximum Gasteiger partial charge on any atom is 0.231 e. The number of nitrogens with zero attached hydrogens (tertiary/aromatic N) is 3. The summed E-state index contributed by atoms with van der Waals surface area (Å²) in [6.45, 7) is 3.02. The molecule has 2 N–H and O–H groups in total. The van der Waals surface area contributed by atoms with Crippen molar-refractivity contribution in [1.82, 2.24) is 15.0 Å². The molecule has 6 nitrogen and oxygen atoms in total. The molecule has 2 aromatic heterocycles. The van der Waals surface area contributed by atoms with Crippen molar-refractivity contribution in [2.45, 2.75) is 83.6 Å². The average Bonchev–Trinajstić information content (AvgIpc) is 3.29. The molecule has 4 rings (SSSR count). The van der Waals surface area contributed by atoms with Crippen molar-refractivity contribution in [3.05, 3.63) is 29.8 Å². The van der Waals surface area contributed by atoms with Crippen molar-refractivity contribution in [2.75, 3.05) is 17.2 Å². The van der Waals surface area contributed by atoms with Gasteiger partial charge in [0, 0.05) is 11.7 Å². The molecule has 0 saturated heterocycles. The van der Waals surface area contributed by atoms with E-state index in [0.717, 1.165) is 40.6 Å². The first kappa shape index (κ1) is 22.8. The van der Waals surface area contributed by atoms with Gasteiger partial charge in [-0.15, -0.1) is 11.3 Å². The molecule has 0 atom stereocenters. The first-order valence-electron chi connectivity index (χ1n) is 12.2. The van der Waals surface area contributed by atoms with Gasteiger partial charge in [0.15, 0.2) is 11.5 Å². The molecule has 0 spiro atoms. The second-order valence-corrected chi connectivity index (χ2v) is 9.50. The van der Waals surface area contributed by atoms with E-state index < -0.39 is 0 Å². The Hall–Kier alpha value is -2.41. The maximum atomic E-state index is 5.89. The third-order valence-corrected chi connectivity index (χ3v) is 6.84. The number of benzene rings is 1. The number of nitrogens with one attached hydrogen (secondary N) is 2. The Bertz CT molecular complexity index is 953. The molecule has 172 valence electrons. The molecule has 0 radical (unpaired) electrons. The normalized spacial score (nSPS) is 14.5. The van der Waals surface area contributed by atoms with Crippen LogP contribution in [0.5, 0.6) is 5.75 Å². The Morgan fingerprint density at radius 2 is 1.75 bits per heavy atom. The van der Waals surface area contributed by atoms with Crippen LogP contribution in [-0.4, -0.2) is 27.6 Å². The summed E-state index contributed by atoms with van der Waals surface area (Å²) in [7, 11) is 0. The quantitative estimate of drug-likeness (QED) is 0.280. The molecule has 1 aromatic carbocycles. The first-order chi connectivity index (χ1) is 15.8. The zero-order chi connectivity index (χ0) is 22.0. The lowest BCUT2D eigenvalue weighted by atomic mass is 9.95. The van der Waals surface area contributed by atoms with Crippen molar-refractivity contribution in [1.29, 1.82) is 0 Å². The predicted octanol–water partition coefficient (Wildman–Crippen LogP) is 7.31. The number of rotatable bonds is 12. The monoisotopic (exact) mass is 453 g/mol. The van der Waals surface area contributed by atoms with Crippen LogP contribution in [0.4, 0.5) is 17.5 Å². The summed E-state index contributed by atoms with van der Waals surface area (Å²) in [6.07, 6.45) is 13.9. The highest BCUT2D eigenvalue weighted by molar-refractivity contribution is 7.17. The van der Waals surface area contributed by atoms with Crippen molar-refractivity contribution in [3.63, 3.8) is 0 Å². The number of fused-ring (bicyclic) bond motifs is 1. The van der Waals surface area contributed by atoms with Crippen molar-refractivity contribution in [3.8, 4) is 5.75 Å². The van der Waals surface area contributed by atoms with E-state index in [1.807, 2.05) is 29.8 Å². The second kappa shape index (κ2) is 12.0. The minimum atomic E-state index is 0.486. The van der Waals surface area contributed by atoms with Crippen LogP contribution in [0.2, 0.25) is 0 Å². The fourth-order valence-corrected chi connectivity index (χ4v) is 4.87. The van der Waals surface area contributed by atoms with E-state index >= 15 is 0 Å². The molecule has 1 fully saturated rings. The van der Waals surface area contributed by atoms with Crippen LogP contribution in [0.3, 0.4) is 0 Å². The Morgan fingerprint density at radius 1 is 0.969 bits per heavy atom. The molecular formula is C25H35N5OS. The Balaban J connectivity index is 1.32. The molecule has 0 amide bonds. The molecule has 0 bridgehead atoms. The zero-order valence-electron chi connectivity index (χ0n) is 19.1. The van der Waals surface area contributed by atoms with Gasteiger partial charge < -0.3 is 15.4 Å². The minimum absolute atomic E-state index is 0.486. The van der Waals surface area contributed by atoms with E-state index in [4.69, 9.17) is 9.72 Å². The standard InChI is InChI=1S/C25H35N5OS/c1-2-3-4-5-6-10-17-31-21-15-13-20(14-16-21)28-25-29-23-22(32-18-26-23)24(30-25)27-19-11-8-7-9-12-19/h13-16,18-19H,2-12,17H2,1H3,(H2,27,28,29,30). The summed E-state index contributed by atoms with van der Waals surface area (Å²) in [4.78, 5) is 13.8. The number of ether oxygens (including phenoxy) is 1. The van der Waals surface area contributed by atoms with Gasteiger partial charge in [-0.05, 0) is 43.5 Å². The predicted molar refractivity (Wildman–Crippen MR) is 134 cm³/mol. The fraction of sp³-hybridized carbons (Fsp3) is 0.560. The number of thiazole rings is 1. The van der Waals surface area contributed by atoms with Gasteiger partial charge in [-0.2, -0.15) is 9.97 Å². The Morgan fingerprint density at radius 3 is 2.56 bits per heavy atom. The molecule has 7 heteroatoms. The Kier molecular flexibility index (Phi) is 8.54. The van der Waals surface area contributed by atoms with Gasteiger partial charge in [0.1, 0.15) is 10.4 Å². The third-order valence-electron chi connectivity index (χ3n) is 6.02. The summed E-state index contributed by atoms with van der Waals surface area (Å²) in [5.41, 5.74) is 3.52. The van der Waals surface area contributed by atoms with Crippen LogP contribution in [-0.2, 0) is 0 Å². The first-order valence-corrected chi connectivity index (χ1v) is 13.1. The van der Waals surface area contributed by atoms with E-state index in [-0.39, 0.29) is 0 Å². The van der Waals surface area contributed by atoms with E-state index in [1.54, 1.807) is 11.3 Å². The van der Waals surface area contributed by atoms with Crippen LogP contribution >= 0.6 is 11.3 Å². The fourth-order valence-electron chi connectivity index (χ4n) is 4.19. The summed E-state index contributed by atoms with van der Waals surface area (Å²) in [5, 5.41) is 6.98. The minimum Gasteiger partial charge on any atom is -0.494 e. The van der Waals surface area contributed by atoms with Gasteiger partial charge in [0.25, 0.3) is 0 Å². The number of anilines is 3. The smallest absolute Gasteiger partial charge is 0.231 e. The van der Waals surface area contributed by atoms with Crippen molar-refractivity contribution in [2.24, 2.45) is 0 Å². The number of hydrogen-bond donors (Lipinski definition) is 2. The highest BCUT2D eigenvalue weighted by atomic mass is 32.1. The van der Waals surface area contributed by atoms with Gasteiger partial charge >= 0.3 is 0 Å². The second-order valence-electron chi connectivity index (χ2n) is 8.65. The van der Waals surface area contributed by atoms with Crippen LogP contribution in [0.25, 0.3) is 10.3 Å². The lowest BCUT2D eigenvalue weighted by Gasteiger charge is -2.23. The van der Waals surface area contributed by atoms with Crippen LogP contribution in [0.1, 0.15) is 77.6 Å². The van der Waals surface area contributed by atoms with E-state index in [1.165, 1.54) is 64.2 Å².